The highest BCUT2D eigenvalue weighted by Gasteiger charge is 2.48. The molecule has 1 atom stereocenters. The molecule has 1 aliphatic heterocycles. The number of aromatic nitrogens is 2. The molecular weight excluding hydrogens is 610 g/mol. The summed E-state index contributed by atoms with van der Waals surface area (Å²) < 4.78 is 20.6. The minimum absolute atomic E-state index is 0.0480. The molecule has 0 aliphatic carbocycles. The number of carbonyl (C=O) groups is 2. The summed E-state index contributed by atoms with van der Waals surface area (Å²) in [6.07, 6.45) is 0. The van der Waals surface area contributed by atoms with Crippen molar-refractivity contribution in [1.82, 2.24) is 10.2 Å². The maximum absolute atomic E-state index is 14.1. The third kappa shape index (κ3) is 6.38. The fourth-order valence-corrected chi connectivity index (χ4v) is 6.86. The van der Waals surface area contributed by atoms with Gasteiger partial charge in [0.25, 0.3) is 5.78 Å². The molecule has 0 spiro atoms. The summed E-state index contributed by atoms with van der Waals surface area (Å²) in [6.45, 7) is 4.35. The van der Waals surface area contributed by atoms with E-state index in [4.69, 9.17) is 4.74 Å². The second-order valence-electron chi connectivity index (χ2n) is 10.5. The van der Waals surface area contributed by atoms with Gasteiger partial charge in [0, 0.05) is 11.3 Å². The Morgan fingerprint density at radius 1 is 0.911 bits per heavy atom. The van der Waals surface area contributed by atoms with E-state index in [1.54, 1.807) is 42.5 Å². The number of carbonyl (C=O) groups excluding carboxylic acids is 2. The molecule has 226 valence electrons. The number of ether oxygens (including phenoxy) is 1. The molecule has 0 radical (unpaired) electrons. The number of benzene rings is 4. The fraction of sp³-hybridized carbons (Fsp3) is 0.143. The van der Waals surface area contributed by atoms with E-state index in [-0.39, 0.29) is 22.3 Å². The monoisotopic (exact) mass is 637 g/mol. The molecule has 6 rings (SSSR count). The van der Waals surface area contributed by atoms with Crippen LogP contribution >= 0.6 is 23.1 Å². The first-order valence-corrected chi connectivity index (χ1v) is 16.0. The van der Waals surface area contributed by atoms with Crippen molar-refractivity contribution in [2.45, 2.75) is 36.6 Å². The molecule has 2 heterocycles. The van der Waals surface area contributed by atoms with E-state index < -0.39 is 17.7 Å². The number of ketones is 1. The van der Waals surface area contributed by atoms with Crippen LogP contribution in [0.4, 0.5) is 9.52 Å². The van der Waals surface area contributed by atoms with Crippen LogP contribution in [0.2, 0.25) is 0 Å². The Balaban J connectivity index is 1.30. The van der Waals surface area contributed by atoms with Crippen molar-refractivity contribution in [2.24, 2.45) is 0 Å². The van der Waals surface area contributed by atoms with Gasteiger partial charge in [-0.15, -0.1) is 10.2 Å². The zero-order valence-electron chi connectivity index (χ0n) is 24.4. The molecule has 7 nitrogen and oxygen atoms in total. The Hall–Kier alpha value is -4.80. The lowest BCUT2D eigenvalue weighted by atomic mass is 9.95. The molecule has 1 unspecified atom stereocenters. The van der Waals surface area contributed by atoms with Gasteiger partial charge in [0.1, 0.15) is 23.9 Å². The first-order chi connectivity index (χ1) is 21.8. The highest BCUT2D eigenvalue weighted by atomic mass is 32.2. The molecule has 1 amide bonds. The Morgan fingerprint density at radius 3 is 2.31 bits per heavy atom. The minimum atomic E-state index is -0.931. The molecule has 1 aliphatic rings. The maximum atomic E-state index is 14.1. The van der Waals surface area contributed by atoms with Gasteiger partial charge < -0.3 is 9.84 Å². The largest absolute Gasteiger partial charge is 0.507 e. The summed E-state index contributed by atoms with van der Waals surface area (Å²) in [5.74, 6) is -1.33. The zero-order chi connectivity index (χ0) is 31.5. The summed E-state index contributed by atoms with van der Waals surface area (Å²) in [5, 5.41) is 20.1. The smallest absolute Gasteiger partial charge is 0.301 e. The van der Waals surface area contributed by atoms with Crippen LogP contribution in [0.3, 0.4) is 0 Å². The molecule has 0 bridgehead atoms. The third-order valence-corrected chi connectivity index (χ3v) is 9.64. The van der Waals surface area contributed by atoms with Crippen LogP contribution in [-0.4, -0.2) is 27.0 Å². The van der Waals surface area contributed by atoms with E-state index in [2.05, 4.69) is 10.2 Å². The van der Waals surface area contributed by atoms with Crippen LogP contribution in [0.1, 0.15) is 39.4 Å². The lowest BCUT2D eigenvalue weighted by molar-refractivity contribution is -0.132. The number of Topliss-reactive ketones (excluding diaryl/α,β-unsaturated/α-hetero) is 1. The SMILES string of the molecule is Cc1ccc(C2/C(=C(\O)c3ccc(OCc4ccccc4C)cc3)C(=O)C(=O)N2c2nnc(SCc3ccccc3F)s2)cc1. The molecule has 5 aromatic rings. The third-order valence-electron chi connectivity index (χ3n) is 7.53. The average Bonchev–Trinajstić information content (AvgIpc) is 3.62. The van der Waals surface area contributed by atoms with Gasteiger partial charge in [0.2, 0.25) is 5.13 Å². The molecule has 45 heavy (non-hydrogen) atoms. The molecule has 1 saturated heterocycles. The van der Waals surface area contributed by atoms with Crippen LogP contribution in [0.25, 0.3) is 5.76 Å². The van der Waals surface area contributed by atoms with E-state index in [0.29, 0.717) is 39.1 Å². The van der Waals surface area contributed by atoms with Gasteiger partial charge in [0.15, 0.2) is 4.34 Å². The molecule has 10 heteroatoms. The normalized spacial score (nSPS) is 15.9. The van der Waals surface area contributed by atoms with E-state index in [1.165, 1.54) is 22.7 Å². The van der Waals surface area contributed by atoms with Gasteiger partial charge in [0.05, 0.1) is 11.6 Å². The number of aliphatic hydroxyl groups excluding tert-OH is 1. The molecule has 1 aromatic heterocycles. The maximum Gasteiger partial charge on any atom is 0.301 e. The zero-order valence-corrected chi connectivity index (χ0v) is 26.1. The Morgan fingerprint density at radius 2 is 1.60 bits per heavy atom. The topological polar surface area (TPSA) is 92.6 Å². The van der Waals surface area contributed by atoms with E-state index >= 15 is 0 Å². The van der Waals surface area contributed by atoms with Crippen LogP contribution in [0.5, 0.6) is 5.75 Å². The molecule has 1 fully saturated rings. The highest BCUT2D eigenvalue weighted by Crippen LogP contribution is 2.44. The molecule has 0 saturated carbocycles. The standard InChI is InChI=1S/C35H28FN3O4S2/c1-21-11-13-23(14-12-21)30-29(31(40)24-15-17-27(18-16-24)43-19-25-8-4-3-7-22(25)2)32(41)33(42)39(30)34-37-38-35(45-34)44-20-26-9-5-6-10-28(26)36/h3-18,30,40H,19-20H2,1-2H3/b31-29+. The van der Waals surface area contributed by atoms with Crippen LogP contribution < -0.4 is 9.64 Å². The van der Waals surface area contributed by atoms with Gasteiger partial charge in [-0.05, 0) is 66.4 Å². The summed E-state index contributed by atoms with van der Waals surface area (Å²) in [7, 11) is 0. The number of amides is 1. The number of rotatable bonds is 9. The summed E-state index contributed by atoms with van der Waals surface area (Å²) in [4.78, 5) is 28.4. The van der Waals surface area contributed by atoms with Gasteiger partial charge in [-0.3, -0.25) is 14.5 Å². The van der Waals surface area contributed by atoms with Crippen molar-refractivity contribution in [3.05, 3.63) is 142 Å². The molecule has 1 N–H and O–H groups in total. The van der Waals surface area contributed by atoms with Crippen molar-refractivity contribution in [1.29, 1.82) is 0 Å². The number of hydrogen-bond acceptors (Lipinski definition) is 8. The summed E-state index contributed by atoms with van der Waals surface area (Å²) in [6, 6.07) is 27.7. The molecular formula is C35H28FN3O4S2. The average molecular weight is 638 g/mol. The van der Waals surface area contributed by atoms with Crippen LogP contribution in [0.15, 0.2) is 107 Å². The first-order valence-electron chi connectivity index (χ1n) is 14.1. The number of hydrogen-bond donors (Lipinski definition) is 1. The number of thioether (sulfide) groups is 1. The number of aliphatic hydroxyl groups is 1. The Bertz CT molecular complexity index is 1910. The lowest BCUT2D eigenvalue weighted by Gasteiger charge is -2.22. The van der Waals surface area contributed by atoms with Crippen LogP contribution in [-0.2, 0) is 21.9 Å². The van der Waals surface area contributed by atoms with Gasteiger partial charge in [-0.2, -0.15) is 0 Å². The van der Waals surface area contributed by atoms with Crippen molar-refractivity contribution in [3.8, 4) is 5.75 Å². The fourth-order valence-electron chi connectivity index (χ4n) is 5.00. The van der Waals surface area contributed by atoms with E-state index in [9.17, 15) is 19.1 Å². The van der Waals surface area contributed by atoms with Gasteiger partial charge >= 0.3 is 5.91 Å². The van der Waals surface area contributed by atoms with Crippen LogP contribution in [0, 0.1) is 19.7 Å². The van der Waals surface area contributed by atoms with Crippen molar-refractivity contribution in [3.63, 3.8) is 0 Å². The second-order valence-corrected chi connectivity index (χ2v) is 12.7. The number of halogens is 1. The van der Waals surface area contributed by atoms with E-state index in [1.807, 2.05) is 62.4 Å². The van der Waals surface area contributed by atoms with E-state index in [0.717, 1.165) is 28.0 Å². The molecule has 4 aromatic carbocycles. The minimum Gasteiger partial charge on any atom is -0.507 e. The number of nitrogens with zero attached hydrogens (tertiary/aromatic N) is 3. The van der Waals surface area contributed by atoms with Crippen molar-refractivity contribution < 1.29 is 23.8 Å². The Kier molecular flexibility index (Phi) is 8.77. The van der Waals surface area contributed by atoms with Crippen molar-refractivity contribution >= 4 is 45.7 Å². The van der Waals surface area contributed by atoms with Gasteiger partial charge in [-0.25, -0.2) is 4.39 Å². The lowest BCUT2D eigenvalue weighted by Crippen LogP contribution is -2.29. The van der Waals surface area contributed by atoms with Crippen molar-refractivity contribution in [2.75, 3.05) is 4.90 Å². The highest BCUT2D eigenvalue weighted by molar-refractivity contribution is 8.00. The van der Waals surface area contributed by atoms with Gasteiger partial charge in [-0.1, -0.05) is 95.4 Å². The first kappa shape index (κ1) is 30.2. The Labute approximate surface area is 268 Å². The predicted molar refractivity (Wildman–Crippen MR) is 174 cm³/mol. The number of aryl methyl sites for hydroxylation is 2. The quantitative estimate of drug-likeness (QED) is 0.0580. The summed E-state index contributed by atoms with van der Waals surface area (Å²) in [5.41, 5.74) is 4.66. The number of anilines is 1. The summed E-state index contributed by atoms with van der Waals surface area (Å²) >= 11 is 2.41. The second kappa shape index (κ2) is 13.1. The predicted octanol–water partition coefficient (Wildman–Crippen LogP) is 7.79.